The van der Waals surface area contributed by atoms with Gasteiger partial charge in [0.15, 0.2) is 5.82 Å². The van der Waals surface area contributed by atoms with Crippen molar-refractivity contribution in [2.45, 2.75) is 13.0 Å². The Morgan fingerprint density at radius 2 is 2.35 bits per heavy atom. The van der Waals surface area contributed by atoms with Crippen molar-refractivity contribution in [1.29, 1.82) is 0 Å². The van der Waals surface area contributed by atoms with Crippen LogP contribution in [0.2, 0.25) is 5.28 Å². The van der Waals surface area contributed by atoms with Gasteiger partial charge in [0.05, 0.1) is 18.7 Å². The van der Waals surface area contributed by atoms with Gasteiger partial charge in [-0.25, -0.2) is 4.98 Å². The van der Waals surface area contributed by atoms with Gasteiger partial charge in [-0.1, -0.05) is 0 Å². The van der Waals surface area contributed by atoms with E-state index in [1.165, 1.54) is 0 Å². The van der Waals surface area contributed by atoms with E-state index in [1.54, 1.807) is 30.7 Å². The molecule has 0 aromatic carbocycles. The minimum atomic E-state index is 0.0341. The Morgan fingerprint density at radius 1 is 1.50 bits per heavy atom. The molecule has 0 spiro atoms. The summed E-state index contributed by atoms with van der Waals surface area (Å²) in [5, 5.41) is 0.170. The zero-order valence-corrected chi connectivity index (χ0v) is 11.7. The number of hydrogen-bond donors (Lipinski definition) is 0. The maximum Gasteiger partial charge on any atom is 0.228 e. The molecule has 1 aliphatic rings. The van der Waals surface area contributed by atoms with E-state index in [0.717, 1.165) is 5.56 Å². The van der Waals surface area contributed by atoms with Crippen LogP contribution in [0.15, 0.2) is 29.2 Å². The van der Waals surface area contributed by atoms with Gasteiger partial charge in [-0.3, -0.25) is 4.79 Å². The lowest BCUT2D eigenvalue weighted by Gasteiger charge is -2.23. The van der Waals surface area contributed by atoms with Crippen LogP contribution >= 0.6 is 11.6 Å². The second-order valence-corrected chi connectivity index (χ2v) is 4.94. The van der Waals surface area contributed by atoms with Crippen LogP contribution in [0.3, 0.4) is 0 Å². The molecule has 20 heavy (non-hydrogen) atoms. The van der Waals surface area contributed by atoms with Gasteiger partial charge in [0.2, 0.25) is 11.2 Å². The van der Waals surface area contributed by atoms with E-state index < -0.39 is 0 Å². The minimum absolute atomic E-state index is 0.0341. The number of hydrogen-bond acceptors (Lipinski definition) is 5. The maximum atomic E-state index is 12.0. The van der Waals surface area contributed by atoms with Crippen molar-refractivity contribution in [3.05, 3.63) is 35.6 Å². The summed E-state index contributed by atoms with van der Waals surface area (Å²) in [6, 6.07) is 1.89. The Labute approximate surface area is 121 Å². The first-order valence-corrected chi connectivity index (χ1v) is 6.58. The average Bonchev–Trinajstić information content (AvgIpc) is 2.91. The first-order valence-electron chi connectivity index (χ1n) is 6.20. The van der Waals surface area contributed by atoms with Gasteiger partial charge in [0.25, 0.3) is 0 Å². The van der Waals surface area contributed by atoms with Crippen LogP contribution in [-0.2, 0) is 11.3 Å². The van der Waals surface area contributed by atoms with Gasteiger partial charge in [-0.15, -0.1) is 0 Å². The molecule has 6 nitrogen and oxygen atoms in total. The Balaban J connectivity index is 2.01. The third kappa shape index (κ3) is 2.34. The summed E-state index contributed by atoms with van der Waals surface area (Å²) in [6.45, 7) is 1.19. The standard InChI is InChI=1S/C13H13ClN4O2/c1-17-10-6-15-13(14)16-12(10)18(4-2-11(17)19)7-9-3-5-20-8-9/h3,5-6,8H,2,4,7H2,1H3. The van der Waals surface area contributed by atoms with Gasteiger partial charge in [0.1, 0.15) is 5.69 Å². The SMILES string of the molecule is CN1C(=O)CCN(Cc2ccoc2)c2nc(Cl)ncc21. The molecule has 0 N–H and O–H groups in total. The smallest absolute Gasteiger partial charge is 0.228 e. The molecule has 0 radical (unpaired) electrons. The summed E-state index contributed by atoms with van der Waals surface area (Å²) < 4.78 is 5.08. The number of carbonyl (C=O) groups is 1. The quantitative estimate of drug-likeness (QED) is 0.793. The number of furan rings is 1. The highest BCUT2D eigenvalue weighted by Gasteiger charge is 2.25. The van der Waals surface area contributed by atoms with Crippen LogP contribution in [0, 0.1) is 0 Å². The molecule has 3 rings (SSSR count). The van der Waals surface area contributed by atoms with Gasteiger partial charge in [0, 0.05) is 32.1 Å². The molecule has 3 heterocycles. The Bertz CT molecular complexity index is 629. The largest absolute Gasteiger partial charge is 0.472 e. The molecule has 0 bridgehead atoms. The Morgan fingerprint density at radius 3 is 3.10 bits per heavy atom. The van der Waals surface area contributed by atoms with Crippen molar-refractivity contribution in [3.8, 4) is 0 Å². The maximum absolute atomic E-state index is 12.0. The van der Waals surface area contributed by atoms with Gasteiger partial charge in [-0.05, 0) is 17.7 Å². The van der Waals surface area contributed by atoms with Crippen molar-refractivity contribution < 1.29 is 9.21 Å². The number of fused-ring (bicyclic) bond motifs is 1. The van der Waals surface area contributed by atoms with Crippen LogP contribution in [0.1, 0.15) is 12.0 Å². The van der Waals surface area contributed by atoms with E-state index in [9.17, 15) is 4.79 Å². The number of rotatable bonds is 2. The van der Waals surface area contributed by atoms with Crippen molar-refractivity contribution in [2.24, 2.45) is 0 Å². The molecule has 7 heteroatoms. The van der Waals surface area contributed by atoms with Crippen LogP contribution in [0.5, 0.6) is 0 Å². The second kappa shape index (κ2) is 5.13. The highest BCUT2D eigenvalue weighted by Crippen LogP contribution is 2.31. The van der Waals surface area contributed by atoms with Crippen molar-refractivity contribution in [2.75, 3.05) is 23.4 Å². The molecule has 2 aromatic heterocycles. The summed E-state index contributed by atoms with van der Waals surface area (Å²) in [4.78, 5) is 23.8. The molecular weight excluding hydrogens is 280 g/mol. The molecule has 104 valence electrons. The van der Waals surface area contributed by atoms with Crippen molar-refractivity contribution >= 4 is 29.0 Å². The summed E-state index contributed by atoms with van der Waals surface area (Å²) in [6.07, 6.45) is 5.30. The number of carbonyl (C=O) groups excluding carboxylic acids is 1. The fraction of sp³-hybridized carbons (Fsp3) is 0.308. The number of nitrogens with zero attached hydrogens (tertiary/aromatic N) is 4. The molecule has 0 atom stereocenters. The summed E-state index contributed by atoms with van der Waals surface area (Å²) in [7, 11) is 1.72. The number of aromatic nitrogens is 2. The van der Waals surface area contributed by atoms with Crippen LogP contribution in [0.25, 0.3) is 0 Å². The lowest BCUT2D eigenvalue weighted by atomic mass is 10.3. The fourth-order valence-corrected chi connectivity index (χ4v) is 2.34. The molecule has 2 aromatic rings. The first kappa shape index (κ1) is 12.9. The van der Waals surface area contributed by atoms with E-state index in [-0.39, 0.29) is 11.2 Å². The number of amides is 1. The highest BCUT2D eigenvalue weighted by molar-refractivity contribution is 6.28. The third-order valence-electron chi connectivity index (χ3n) is 3.30. The second-order valence-electron chi connectivity index (χ2n) is 4.60. The highest BCUT2D eigenvalue weighted by atomic mass is 35.5. The zero-order chi connectivity index (χ0) is 14.1. The zero-order valence-electron chi connectivity index (χ0n) is 10.9. The van der Waals surface area contributed by atoms with E-state index in [2.05, 4.69) is 9.97 Å². The molecule has 1 aliphatic heterocycles. The van der Waals surface area contributed by atoms with Gasteiger partial charge >= 0.3 is 0 Å². The predicted octanol–water partition coefficient (Wildman–Crippen LogP) is 2.10. The molecule has 0 unspecified atom stereocenters. The van der Waals surface area contributed by atoms with Crippen LogP contribution in [-0.4, -0.2) is 29.5 Å². The van der Waals surface area contributed by atoms with Gasteiger partial charge in [-0.2, -0.15) is 4.98 Å². The lowest BCUT2D eigenvalue weighted by molar-refractivity contribution is -0.118. The first-order chi connectivity index (χ1) is 9.65. The fourth-order valence-electron chi connectivity index (χ4n) is 2.21. The van der Waals surface area contributed by atoms with Crippen LogP contribution < -0.4 is 9.80 Å². The van der Waals surface area contributed by atoms with E-state index in [1.807, 2.05) is 11.0 Å². The molecular formula is C13H13ClN4O2. The monoisotopic (exact) mass is 292 g/mol. The van der Waals surface area contributed by atoms with E-state index in [4.69, 9.17) is 16.0 Å². The minimum Gasteiger partial charge on any atom is -0.472 e. The van der Waals surface area contributed by atoms with Crippen molar-refractivity contribution in [1.82, 2.24) is 9.97 Å². The molecule has 0 saturated carbocycles. The Hall–Kier alpha value is -2.08. The number of halogens is 1. The van der Waals surface area contributed by atoms with Crippen LogP contribution in [0.4, 0.5) is 11.5 Å². The summed E-state index contributed by atoms with van der Waals surface area (Å²) in [5.41, 5.74) is 1.68. The lowest BCUT2D eigenvalue weighted by Crippen LogP contribution is -2.26. The summed E-state index contributed by atoms with van der Waals surface area (Å²) in [5.74, 6) is 0.700. The van der Waals surface area contributed by atoms with Gasteiger partial charge < -0.3 is 14.2 Å². The predicted molar refractivity (Wildman–Crippen MR) is 74.8 cm³/mol. The van der Waals surface area contributed by atoms with Crippen molar-refractivity contribution in [3.63, 3.8) is 0 Å². The Kier molecular flexibility index (Phi) is 3.31. The summed E-state index contributed by atoms with van der Waals surface area (Å²) >= 11 is 5.89. The molecule has 1 amide bonds. The number of anilines is 2. The van der Waals surface area contributed by atoms with E-state index >= 15 is 0 Å². The molecule has 0 aliphatic carbocycles. The molecule has 0 fully saturated rings. The topological polar surface area (TPSA) is 62.5 Å². The normalized spacial score (nSPS) is 15.2. The van der Waals surface area contributed by atoms with E-state index in [0.29, 0.717) is 31.0 Å². The molecule has 0 saturated heterocycles. The average molecular weight is 293 g/mol. The third-order valence-corrected chi connectivity index (χ3v) is 3.49.